The van der Waals surface area contributed by atoms with Crippen molar-refractivity contribution in [3.63, 3.8) is 0 Å². The quantitative estimate of drug-likeness (QED) is 0.915. The second-order valence-corrected chi connectivity index (χ2v) is 5.31. The predicted octanol–water partition coefficient (Wildman–Crippen LogP) is 1.95. The van der Waals surface area contributed by atoms with Gasteiger partial charge in [-0.2, -0.15) is 0 Å². The maximum absolute atomic E-state index is 12.3. The molecular formula is C15H18N2O2. The summed E-state index contributed by atoms with van der Waals surface area (Å²) in [5.41, 5.74) is 0.753. The van der Waals surface area contributed by atoms with Crippen LogP contribution >= 0.6 is 0 Å². The van der Waals surface area contributed by atoms with Crippen molar-refractivity contribution in [2.24, 2.45) is 5.92 Å². The van der Waals surface area contributed by atoms with Crippen molar-refractivity contribution in [1.29, 1.82) is 0 Å². The van der Waals surface area contributed by atoms with Gasteiger partial charge >= 0.3 is 0 Å². The van der Waals surface area contributed by atoms with Crippen LogP contribution in [-0.2, 0) is 6.54 Å². The molecule has 2 atom stereocenters. The Labute approximate surface area is 111 Å². The van der Waals surface area contributed by atoms with Gasteiger partial charge in [0, 0.05) is 6.54 Å². The zero-order chi connectivity index (χ0) is 13.2. The fraction of sp³-hybridized carbons (Fsp3) is 0.467. The van der Waals surface area contributed by atoms with Crippen LogP contribution in [0.15, 0.2) is 35.4 Å². The number of aromatic nitrogens is 2. The van der Waals surface area contributed by atoms with E-state index in [1.807, 2.05) is 24.3 Å². The molecule has 1 N–H and O–H groups in total. The normalized spacial score (nSPS) is 23.0. The molecule has 4 nitrogen and oxygen atoms in total. The summed E-state index contributed by atoms with van der Waals surface area (Å²) in [5.74, 6) is 0.332. The Morgan fingerprint density at radius 3 is 2.95 bits per heavy atom. The van der Waals surface area contributed by atoms with E-state index in [0.717, 1.165) is 31.2 Å². The average Bonchev–Trinajstić information content (AvgIpc) is 2.84. The third kappa shape index (κ3) is 2.40. The Hall–Kier alpha value is -1.68. The van der Waals surface area contributed by atoms with E-state index in [1.54, 1.807) is 10.9 Å². The smallest absolute Gasteiger partial charge is 0.261 e. The third-order valence-electron chi connectivity index (χ3n) is 4.09. The second-order valence-electron chi connectivity index (χ2n) is 5.31. The molecule has 1 aromatic carbocycles. The molecule has 0 spiro atoms. The fourth-order valence-corrected chi connectivity index (χ4v) is 2.92. The minimum atomic E-state index is -0.191. The summed E-state index contributed by atoms with van der Waals surface area (Å²) in [4.78, 5) is 16.6. The van der Waals surface area contributed by atoms with Crippen LogP contribution < -0.4 is 5.56 Å². The summed E-state index contributed by atoms with van der Waals surface area (Å²) in [6, 6.07) is 7.40. The summed E-state index contributed by atoms with van der Waals surface area (Å²) in [7, 11) is 0. The zero-order valence-corrected chi connectivity index (χ0v) is 10.8. The highest BCUT2D eigenvalue weighted by Crippen LogP contribution is 2.28. The summed E-state index contributed by atoms with van der Waals surface area (Å²) in [6.45, 7) is 0.637. The molecule has 19 heavy (non-hydrogen) atoms. The average molecular weight is 258 g/mol. The van der Waals surface area contributed by atoms with Gasteiger partial charge in [-0.15, -0.1) is 0 Å². The molecule has 1 aliphatic rings. The van der Waals surface area contributed by atoms with Gasteiger partial charge in [-0.1, -0.05) is 18.6 Å². The van der Waals surface area contributed by atoms with Gasteiger partial charge in [-0.25, -0.2) is 4.98 Å². The zero-order valence-electron chi connectivity index (χ0n) is 10.8. The fourth-order valence-electron chi connectivity index (χ4n) is 2.92. The van der Waals surface area contributed by atoms with E-state index in [-0.39, 0.29) is 11.7 Å². The van der Waals surface area contributed by atoms with E-state index in [2.05, 4.69) is 4.98 Å². The van der Waals surface area contributed by atoms with Crippen molar-refractivity contribution < 1.29 is 5.11 Å². The SMILES string of the molecule is O=c1c2ccccc2ncn1CCC1CCCC1O. The van der Waals surface area contributed by atoms with Gasteiger partial charge in [-0.3, -0.25) is 9.36 Å². The summed E-state index contributed by atoms with van der Waals surface area (Å²) in [5, 5.41) is 10.5. The third-order valence-corrected chi connectivity index (χ3v) is 4.09. The monoisotopic (exact) mass is 258 g/mol. The maximum atomic E-state index is 12.3. The van der Waals surface area contributed by atoms with Crippen molar-refractivity contribution in [2.75, 3.05) is 0 Å². The topological polar surface area (TPSA) is 55.1 Å². The van der Waals surface area contributed by atoms with Crippen LogP contribution in [0.4, 0.5) is 0 Å². The number of aryl methyl sites for hydroxylation is 1. The molecule has 0 aliphatic heterocycles. The van der Waals surface area contributed by atoms with E-state index < -0.39 is 0 Å². The first-order chi connectivity index (χ1) is 9.25. The number of benzene rings is 1. The van der Waals surface area contributed by atoms with E-state index in [4.69, 9.17) is 0 Å². The van der Waals surface area contributed by atoms with Crippen LogP contribution in [0.1, 0.15) is 25.7 Å². The number of aliphatic hydroxyl groups excluding tert-OH is 1. The van der Waals surface area contributed by atoms with Crippen molar-refractivity contribution in [3.05, 3.63) is 40.9 Å². The van der Waals surface area contributed by atoms with Gasteiger partial charge in [0.25, 0.3) is 5.56 Å². The van der Waals surface area contributed by atoms with Crippen molar-refractivity contribution in [3.8, 4) is 0 Å². The summed E-state index contributed by atoms with van der Waals surface area (Å²) < 4.78 is 1.66. The first-order valence-corrected chi connectivity index (χ1v) is 6.88. The lowest BCUT2D eigenvalue weighted by Gasteiger charge is -2.14. The molecule has 2 aromatic rings. The number of hydrogen-bond donors (Lipinski definition) is 1. The Bertz CT molecular complexity index is 635. The van der Waals surface area contributed by atoms with Gasteiger partial charge in [0.1, 0.15) is 0 Å². The number of rotatable bonds is 3. The molecule has 0 amide bonds. The largest absolute Gasteiger partial charge is 0.393 e. The molecule has 0 bridgehead atoms. The Morgan fingerprint density at radius 2 is 2.16 bits per heavy atom. The molecule has 1 aromatic heterocycles. The molecule has 4 heteroatoms. The first-order valence-electron chi connectivity index (χ1n) is 6.88. The molecule has 0 saturated heterocycles. The highest BCUT2D eigenvalue weighted by molar-refractivity contribution is 5.76. The number of aliphatic hydroxyl groups is 1. The number of hydrogen-bond acceptors (Lipinski definition) is 3. The molecule has 0 radical (unpaired) electrons. The molecular weight excluding hydrogens is 240 g/mol. The maximum Gasteiger partial charge on any atom is 0.261 e. The number of fused-ring (bicyclic) bond motifs is 1. The highest BCUT2D eigenvalue weighted by atomic mass is 16.3. The van der Waals surface area contributed by atoms with Crippen LogP contribution in [0.5, 0.6) is 0 Å². The second kappa shape index (κ2) is 5.13. The van der Waals surface area contributed by atoms with Crippen LogP contribution in [0, 0.1) is 5.92 Å². The van der Waals surface area contributed by atoms with Crippen LogP contribution in [-0.4, -0.2) is 20.8 Å². The van der Waals surface area contributed by atoms with E-state index in [0.29, 0.717) is 17.8 Å². The van der Waals surface area contributed by atoms with Crippen molar-refractivity contribution in [1.82, 2.24) is 9.55 Å². The molecule has 3 rings (SSSR count). The Morgan fingerprint density at radius 1 is 1.32 bits per heavy atom. The van der Waals surface area contributed by atoms with E-state index in [9.17, 15) is 9.90 Å². The van der Waals surface area contributed by atoms with Gasteiger partial charge in [0.05, 0.1) is 23.3 Å². The molecule has 100 valence electrons. The summed E-state index contributed by atoms with van der Waals surface area (Å²) >= 11 is 0. The summed E-state index contributed by atoms with van der Waals surface area (Å²) in [6.07, 6.45) is 5.33. The Balaban J connectivity index is 1.81. The molecule has 2 unspecified atom stereocenters. The Kier molecular flexibility index (Phi) is 3.34. The van der Waals surface area contributed by atoms with Gasteiger partial charge in [0.2, 0.25) is 0 Å². The number of nitrogens with zero attached hydrogens (tertiary/aromatic N) is 2. The van der Waals surface area contributed by atoms with Crippen LogP contribution in [0.25, 0.3) is 10.9 Å². The molecule has 1 aliphatic carbocycles. The molecule has 1 saturated carbocycles. The van der Waals surface area contributed by atoms with Gasteiger partial charge in [-0.05, 0) is 37.3 Å². The van der Waals surface area contributed by atoms with Gasteiger partial charge in [0.15, 0.2) is 0 Å². The highest BCUT2D eigenvalue weighted by Gasteiger charge is 2.24. The predicted molar refractivity (Wildman–Crippen MR) is 74.0 cm³/mol. The first kappa shape index (κ1) is 12.4. The molecule has 1 heterocycles. The minimum Gasteiger partial charge on any atom is -0.393 e. The minimum absolute atomic E-state index is 0.0121. The van der Waals surface area contributed by atoms with Crippen molar-refractivity contribution >= 4 is 10.9 Å². The van der Waals surface area contributed by atoms with Crippen LogP contribution in [0.3, 0.4) is 0 Å². The standard InChI is InChI=1S/C15H18N2O2/c18-14-7-3-4-11(14)8-9-17-10-16-13-6-2-1-5-12(13)15(17)19/h1-2,5-6,10-11,14,18H,3-4,7-9H2. The van der Waals surface area contributed by atoms with Crippen LogP contribution in [0.2, 0.25) is 0 Å². The lowest BCUT2D eigenvalue weighted by atomic mass is 10.0. The van der Waals surface area contributed by atoms with Gasteiger partial charge < -0.3 is 5.11 Å². The van der Waals surface area contributed by atoms with E-state index >= 15 is 0 Å². The van der Waals surface area contributed by atoms with Crippen molar-refractivity contribution in [2.45, 2.75) is 38.3 Å². The molecule has 1 fully saturated rings. The lowest BCUT2D eigenvalue weighted by molar-refractivity contribution is 0.125. The van der Waals surface area contributed by atoms with E-state index in [1.165, 1.54) is 0 Å². The lowest BCUT2D eigenvalue weighted by Crippen LogP contribution is -2.23. The number of para-hydroxylation sites is 1.